The molecule has 0 unspecified atom stereocenters. The Kier molecular flexibility index (Phi) is 7.76. The van der Waals surface area contributed by atoms with Crippen molar-refractivity contribution in [3.63, 3.8) is 0 Å². The van der Waals surface area contributed by atoms with Gasteiger partial charge in [0.15, 0.2) is 0 Å². The highest BCUT2D eigenvalue weighted by Gasteiger charge is 1.92. The predicted octanol–water partition coefficient (Wildman–Crippen LogP) is 2.99. The van der Waals surface area contributed by atoms with Gasteiger partial charge in [-0.05, 0) is 19.3 Å². The minimum atomic E-state index is -0.697. The summed E-state index contributed by atoms with van der Waals surface area (Å²) in [6.07, 6.45) is 9.76. The van der Waals surface area contributed by atoms with Gasteiger partial charge in [0.1, 0.15) is 0 Å². The second-order valence-electron chi connectivity index (χ2n) is 2.90. The van der Waals surface area contributed by atoms with E-state index in [0.717, 1.165) is 19.3 Å². The summed E-state index contributed by atoms with van der Waals surface area (Å²) >= 11 is 0. The fourth-order valence-corrected chi connectivity index (χ4v) is 0.929. The molecule has 0 fully saturated rings. The first kappa shape index (κ1) is 11.2. The molecular weight excluding hydrogens is 152 g/mol. The second kappa shape index (κ2) is 8.31. The van der Waals surface area contributed by atoms with Crippen LogP contribution in [-0.4, -0.2) is 11.1 Å². The number of rotatable bonds is 7. The van der Waals surface area contributed by atoms with E-state index in [1.807, 2.05) is 0 Å². The predicted molar refractivity (Wildman–Crippen MR) is 50.2 cm³/mol. The topological polar surface area (TPSA) is 37.3 Å². The summed E-state index contributed by atoms with van der Waals surface area (Å²) in [6.45, 7) is 2.16. The van der Waals surface area contributed by atoms with Gasteiger partial charge in [-0.2, -0.15) is 0 Å². The molecule has 12 heavy (non-hydrogen) atoms. The molecule has 0 aromatic carbocycles. The molecule has 0 saturated heterocycles. The lowest BCUT2D eigenvalue weighted by Gasteiger charge is -1.91. The van der Waals surface area contributed by atoms with Gasteiger partial charge < -0.3 is 5.11 Å². The molecule has 0 aromatic rings. The van der Waals surface area contributed by atoms with E-state index in [0.29, 0.717) is 0 Å². The lowest BCUT2D eigenvalue weighted by atomic mass is 10.2. The third-order valence-electron chi connectivity index (χ3n) is 1.65. The quantitative estimate of drug-likeness (QED) is 0.471. The molecule has 0 radical (unpaired) electrons. The smallest absolute Gasteiger partial charge is 0.303 e. The molecule has 0 heterocycles. The van der Waals surface area contributed by atoms with Crippen molar-refractivity contribution in [2.24, 2.45) is 0 Å². The zero-order valence-corrected chi connectivity index (χ0v) is 7.75. The maximum absolute atomic E-state index is 10.1. The van der Waals surface area contributed by atoms with Crippen molar-refractivity contribution in [2.45, 2.75) is 45.4 Å². The zero-order chi connectivity index (χ0) is 9.23. The largest absolute Gasteiger partial charge is 0.481 e. The lowest BCUT2D eigenvalue weighted by molar-refractivity contribution is -0.137. The molecule has 70 valence electrons. The highest BCUT2D eigenvalue weighted by Crippen LogP contribution is 2.00. The highest BCUT2D eigenvalue weighted by atomic mass is 16.4. The van der Waals surface area contributed by atoms with Gasteiger partial charge in [0.25, 0.3) is 0 Å². The van der Waals surface area contributed by atoms with Gasteiger partial charge in [0.2, 0.25) is 0 Å². The highest BCUT2D eigenvalue weighted by molar-refractivity contribution is 5.66. The average molecular weight is 170 g/mol. The molecule has 0 saturated carbocycles. The van der Waals surface area contributed by atoms with Crippen molar-refractivity contribution in [1.82, 2.24) is 0 Å². The van der Waals surface area contributed by atoms with Crippen LogP contribution in [0.15, 0.2) is 12.2 Å². The number of carboxylic acid groups (broad SMARTS) is 1. The summed E-state index contributed by atoms with van der Waals surface area (Å²) in [6, 6.07) is 0. The molecule has 0 rings (SSSR count). The normalized spacial score (nSPS) is 10.8. The number of aliphatic carboxylic acids is 1. The van der Waals surface area contributed by atoms with Gasteiger partial charge in [-0.1, -0.05) is 31.9 Å². The Morgan fingerprint density at radius 2 is 1.83 bits per heavy atom. The van der Waals surface area contributed by atoms with Crippen LogP contribution < -0.4 is 0 Å². The summed E-state index contributed by atoms with van der Waals surface area (Å²) < 4.78 is 0. The van der Waals surface area contributed by atoms with E-state index in [9.17, 15) is 4.79 Å². The summed E-state index contributed by atoms with van der Waals surface area (Å²) in [7, 11) is 0. The number of allylic oxidation sites excluding steroid dienone is 2. The van der Waals surface area contributed by atoms with Crippen LogP contribution in [0.3, 0.4) is 0 Å². The summed E-state index contributed by atoms with van der Waals surface area (Å²) in [5.74, 6) is -0.697. The monoisotopic (exact) mass is 170 g/mol. The first-order valence-electron chi connectivity index (χ1n) is 4.64. The van der Waals surface area contributed by atoms with Crippen molar-refractivity contribution in [3.05, 3.63) is 12.2 Å². The van der Waals surface area contributed by atoms with Crippen molar-refractivity contribution in [3.8, 4) is 0 Å². The lowest BCUT2D eigenvalue weighted by Crippen LogP contribution is -1.92. The molecular formula is C10H18O2. The first-order valence-corrected chi connectivity index (χ1v) is 4.64. The van der Waals surface area contributed by atoms with Gasteiger partial charge in [-0.15, -0.1) is 0 Å². The summed E-state index contributed by atoms with van der Waals surface area (Å²) in [5, 5.41) is 8.33. The maximum atomic E-state index is 10.1. The SMILES string of the molecule is CCCC/C=C/CCCC(=O)O. The van der Waals surface area contributed by atoms with Crippen LogP contribution >= 0.6 is 0 Å². The van der Waals surface area contributed by atoms with Crippen LogP contribution in [0.5, 0.6) is 0 Å². The van der Waals surface area contributed by atoms with Gasteiger partial charge >= 0.3 is 5.97 Å². The first-order chi connectivity index (χ1) is 5.77. The van der Waals surface area contributed by atoms with Crippen molar-refractivity contribution < 1.29 is 9.90 Å². The molecule has 0 aliphatic rings. The Labute approximate surface area is 74.3 Å². The Hall–Kier alpha value is -0.790. The number of hydrogen-bond acceptors (Lipinski definition) is 1. The van der Waals surface area contributed by atoms with Crippen LogP contribution in [-0.2, 0) is 4.79 Å². The van der Waals surface area contributed by atoms with Gasteiger partial charge in [-0.25, -0.2) is 0 Å². The van der Waals surface area contributed by atoms with Gasteiger partial charge in [0.05, 0.1) is 0 Å². The minimum Gasteiger partial charge on any atom is -0.481 e. The minimum absolute atomic E-state index is 0.290. The molecule has 0 aliphatic carbocycles. The van der Waals surface area contributed by atoms with Crippen LogP contribution in [0.25, 0.3) is 0 Å². The Morgan fingerprint density at radius 1 is 1.25 bits per heavy atom. The molecule has 0 atom stereocenters. The number of carbonyl (C=O) groups is 1. The molecule has 0 aliphatic heterocycles. The van der Waals surface area contributed by atoms with Crippen molar-refractivity contribution >= 4 is 5.97 Å². The number of hydrogen-bond donors (Lipinski definition) is 1. The van der Waals surface area contributed by atoms with E-state index in [4.69, 9.17) is 5.11 Å². The van der Waals surface area contributed by atoms with Crippen molar-refractivity contribution in [2.75, 3.05) is 0 Å². The fraction of sp³-hybridized carbons (Fsp3) is 0.700. The van der Waals surface area contributed by atoms with Crippen LogP contribution in [0.1, 0.15) is 45.4 Å². The molecule has 0 spiro atoms. The molecule has 0 aromatic heterocycles. The average Bonchev–Trinajstić information content (AvgIpc) is 2.02. The van der Waals surface area contributed by atoms with E-state index in [1.165, 1.54) is 12.8 Å². The summed E-state index contributed by atoms with van der Waals surface area (Å²) in [5.41, 5.74) is 0. The van der Waals surface area contributed by atoms with E-state index >= 15 is 0 Å². The maximum Gasteiger partial charge on any atom is 0.303 e. The Bertz CT molecular complexity index is 139. The van der Waals surface area contributed by atoms with E-state index in [2.05, 4.69) is 19.1 Å². The van der Waals surface area contributed by atoms with Crippen molar-refractivity contribution in [1.29, 1.82) is 0 Å². The Balaban J connectivity index is 3.08. The number of carboxylic acids is 1. The molecule has 2 nitrogen and oxygen atoms in total. The summed E-state index contributed by atoms with van der Waals surface area (Å²) in [4.78, 5) is 10.1. The Morgan fingerprint density at radius 3 is 2.33 bits per heavy atom. The van der Waals surface area contributed by atoms with Gasteiger partial charge in [-0.3, -0.25) is 4.79 Å². The molecule has 1 N–H and O–H groups in total. The van der Waals surface area contributed by atoms with Crippen LogP contribution in [0, 0.1) is 0 Å². The standard InChI is InChI=1S/C10H18O2/c1-2-3-4-5-6-7-8-9-10(11)12/h5-6H,2-4,7-9H2,1H3,(H,11,12)/b6-5+. The van der Waals surface area contributed by atoms with E-state index in [1.54, 1.807) is 0 Å². The van der Waals surface area contributed by atoms with E-state index in [-0.39, 0.29) is 6.42 Å². The van der Waals surface area contributed by atoms with E-state index < -0.39 is 5.97 Å². The molecule has 2 heteroatoms. The third kappa shape index (κ3) is 9.21. The van der Waals surface area contributed by atoms with Crippen LogP contribution in [0.4, 0.5) is 0 Å². The van der Waals surface area contributed by atoms with Crippen LogP contribution in [0.2, 0.25) is 0 Å². The molecule has 0 bridgehead atoms. The third-order valence-corrected chi connectivity index (χ3v) is 1.65. The second-order valence-corrected chi connectivity index (χ2v) is 2.90. The fourth-order valence-electron chi connectivity index (χ4n) is 0.929. The molecule has 0 amide bonds. The zero-order valence-electron chi connectivity index (χ0n) is 7.75. The number of unbranched alkanes of at least 4 members (excludes halogenated alkanes) is 3. The van der Waals surface area contributed by atoms with Gasteiger partial charge in [0, 0.05) is 6.42 Å².